The zero-order valence-corrected chi connectivity index (χ0v) is 19.5. The molecule has 0 aromatic heterocycles. The lowest BCUT2D eigenvalue weighted by Gasteiger charge is -2.26. The molecule has 1 fully saturated rings. The molecule has 180 valence electrons. The van der Waals surface area contributed by atoms with Crippen molar-refractivity contribution in [2.75, 3.05) is 18.6 Å². The Morgan fingerprint density at radius 3 is 2.51 bits per heavy atom. The number of carbonyl (C=O) groups excluding carboxylic acids is 2. The van der Waals surface area contributed by atoms with E-state index < -0.39 is 40.8 Å². The van der Waals surface area contributed by atoms with E-state index in [1.807, 2.05) is 0 Å². The van der Waals surface area contributed by atoms with Crippen LogP contribution in [0, 0.1) is 11.6 Å². The molecule has 1 unspecified atom stereocenters. The van der Waals surface area contributed by atoms with Crippen molar-refractivity contribution in [1.82, 2.24) is 0 Å². The highest BCUT2D eigenvalue weighted by Crippen LogP contribution is 2.45. The SMILES string of the molecule is CCOc1cc(C2/C(=C(\O)c3cccc(Cl)c3)C(=O)C(=O)N2c2cc(F)ccc2F)ccc1OC. The maximum atomic E-state index is 14.8. The summed E-state index contributed by atoms with van der Waals surface area (Å²) in [6.45, 7) is 2.06. The lowest BCUT2D eigenvalue weighted by molar-refractivity contribution is -0.132. The number of nitrogens with zero attached hydrogens (tertiary/aromatic N) is 1. The maximum absolute atomic E-state index is 14.8. The van der Waals surface area contributed by atoms with E-state index in [9.17, 15) is 23.5 Å². The predicted molar refractivity (Wildman–Crippen MR) is 127 cm³/mol. The number of carbonyl (C=O) groups is 2. The molecule has 3 aromatic carbocycles. The van der Waals surface area contributed by atoms with Crippen LogP contribution in [0.5, 0.6) is 11.5 Å². The van der Waals surface area contributed by atoms with E-state index >= 15 is 0 Å². The normalized spacial score (nSPS) is 17.1. The second-order valence-electron chi connectivity index (χ2n) is 7.62. The molecule has 0 saturated carbocycles. The third-order valence-electron chi connectivity index (χ3n) is 5.51. The largest absolute Gasteiger partial charge is 0.507 e. The zero-order valence-electron chi connectivity index (χ0n) is 18.7. The first-order valence-electron chi connectivity index (χ1n) is 10.6. The fourth-order valence-electron chi connectivity index (χ4n) is 3.99. The van der Waals surface area contributed by atoms with E-state index in [0.29, 0.717) is 28.7 Å². The van der Waals surface area contributed by atoms with Gasteiger partial charge in [0.25, 0.3) is 11.7 Å². The lowest BCUT2D eigenvalue weighted by Crippen LogP contribution is -2.30. The molecule has 9 heteroatoms. The number of ketones is 1. The molecule has 3 aromatic rings. The standard InChI is InChI=1S/C26H20ClF2NO5/c1-3-35-21-12-14(7-10-20(21)34-2)23-22(24(31)15-5-4-6-16(27)11-15)25(32)26(33)30(23)19-13-17(28)8-9-18(19)29/h4-13,23,31H,3H2,1-2H3/b24-22+. The molecule has 0 aliphatic carbocycles. The third-order valence-corrected chi connectivity index (χ3v) is 5.75. The summed E-state index contributed by atoms with van der Waals surface area (Å²) in [6.07, 6.45) is 0. The Morgan fingerprint density at radius 1 is 1.06 bits per heavy atom. The Morgan fingerprint density at radius 2 is 1.83 bits per heavy atom. The first-order valence-corrected chi connectivity index (χ1v) is 11.0. The van der Waals surface area contributed by atoms with Crippen LogP contribution in [0.2, 0.25) is 5.02 Å². The number of anilines is 1. The number of rotatable bonds is 6. The minimum Gasteiger partial charge on any atom is -0.507 e. The first kappa shape index (κ1) is 24.2. The Labute approximate surface area is 205 Å². The van der Waals surface area contributed by atoms with Gasteiger partial charge in [0.2, 0.25) is 0 Å². The van der Waals surface area contributed by atoms with Gasteiger partial charge in [0.05, 0.1) is 31.0 Å². The topological polar surface area (TPSA) is 76.1 Å². The van der Waals surface area contributed by atoms with Crippen molar-refractivity contribution in [3.63, 3.8) is 0 Å². The summed E-state index contributed by atoms with van der Waals surface area (Å²) >= 11 is 6.05. The Kier molecular flexibility index (Phi) is 6.75. The van der Waals surface area contributed by atoms with Crippen molar-refractivity contribution in [3.05, 3.63) is 94.0 Å². The summed E-state index contributed by atoms with van der Waals surface area (Å²) in [5, 5.41) is 11.4. The quantitative estimate of drug-likeness (QED) is 0.269. The van der Waals surface area contributed by atoms with Gasteiger partial charge in [-0.05, 0) is 48.9 Å². The molecule has 1 heterocycles. The highest BCUT2D eigenvalue weighted by atomic mass is 35.5. The van der Waals surface area contributed by atoms with Gasteiger partial charge in [-0.1, -0.05) is 29.8 Å². The van der Waals surface area contributed by atoms with Crippen LogP contribution < -0.4 is 14.4 Å². The molecule has 6 nitrogen and oxygen atoms in total. The number of hydrogen-bond donors (Lipinski definition) is 1. The minimum atomic E-state index is -1.30. The molecule has 1 aliphatic rings. The number of halogens is 3. The van der Waals surface area contributed by atoms with Gasteiger partial charge < -0.3 is 14.6 Å². The number of hydrogen-bond acceptors (Lipinski definition) is 5. The average Bonchev–Trinajstić information content (AvgIpc) is 3.10. The molecule has 35 heavy (non-hydrogen) atoms. The first-order chi connectivity index (χ1) is 16.8. The van der Waals surface area contributed by atoms with E-state index in [-0.39, 0.29) is 11.1 Å². The van der Waals surface area contributed by atoms with E-state index in [4.69, 9.17) is 21.1 Å². The highest BCUT2D eigenvalue weighted by molar-refractivity contribution is 6.51. The van der Waals surface area contributed by atoms with Crippen LogP contribution in [-0.2, 0) is 9.59 Å². The second kappa shape index (κ2) is 9.76. The number of ether oxygens (including phenoxy) is 2. The fraction of sp³-hybridized carbons (Fsp3) is 0.154. The molecule has 4 rings (SSSR count). The smallest absolute Gasteiger partial charge is 0.300 e. The van der Waals surface area contributed by atoms with Gasteiger partial charge >= 0.3 is 0 Å². The summed E-state index contributed by atoms with van der Waals surface area (Å²) in [4.78, 5) is 27.2. The number of aliphatic hydroxyl groups is 1. The van der Waals surface area contributed by atoms with Crippen LogP contribution in [0.4, 0.5) is 14.5 Å². The molecule has 1 atom stereocenters. The van der Waals surface area contributed by atoms with E-state index in [2.05, 4.69) is 0 Å². The van der Waals surface area contributed by atoms with E-state index in [1.54, 1.807) is 31.2 Å². The van der Waals surface area contributed by atoms with Gasteiger partial charge in [-0.15, -0.1) is 0 Å². The zero-order chi connectivity index (χ0) is 25.3. The highest BCUT2D eigenvalue weighted by Gasteiger charge is 2.48. The lowest BCUT2D eigenvalue weighted by atomic mass is 9.94. The minimum absolute atomic E-state index is 0.179. The van der Waals surface area contributed by atoms with Crippen LogP contribution in [-0.4, -0.2) is 30.5 Å². The number of benzene rings is 3. The number of Topliss-reactive ketones (excluding diaryl/α,β-unsaturated/α-hetero) is 1. The van der Waals surface area contributed by atoms with Gasteiger partial charge in [-0.25, -0.2) is 8.78 Å². The van der Waals surface area contributed by atoms with Crippen molar-refractivity contribution in [3.8, 4) is 11.5 Å². The monoisotopic (exact) mass is 499 g/mol. The predicted octanol–water partition coefficient (Wildman–Crippen LogP) is 5.65. The van der Waals surface area contributed by atoms with Crippen LogP contribution in [0.1, 0.15) is 24.1 Å². The molecule has 1 amide bonds. The molecule has 1 aliphatic heterocycles. The van der Waals surface area contributed by atoms with Crippen LogP contribution >= 0.6 is 11.6 Å². The van der Waals surface area contributed by atoms with Crippen LogP contribution in [0.25, 0.3) is 5.76 Å². The summed E-state index contributed by atoms with van der Waals surface area (Å²) < 4.78 is 39.8. The van der Waals surface area contributed by atoms with Crippen molar-refractivity contribution >= 4 is 34.7 Å². The number of methoxy groups -OCH3 is 1. The van der Waals surface area contributed by atoms with Crippen molar-refractivity contribution in [2.45, 2.75) is 13.0 Å². The summed E-state index contributed by atoms with van der Waals surface area (Å²) in [7, 11) is 1.45. The summed E-state index contributed by atoms with van der Waals surface area (Å²) in [5.41, 5.74) is -0.274. The van der Waals surface area contributed by atoms with E-state index in [1.165, 1.54) is 25.3 Å². The number of aliphatic hydroxyl groups excluding tert-OH is 1. The third kappa shape index (κ3) is 4.44. The van der Waals surface area contributed by atoms with Crippen LogP contribution in [0.3, 0.4) is 0 Å². The number of amides is 1. The van der Waals surface area contributed by atoms with Crippen molar-refractivity contribution in [1.29, 1.82) is 0 Å². The van der Waals surface area contributed by atoms with Gasteiger partial charge in [-0.2, -0.15) is 0 Å². The molecule has 0 bridgehead atoms. The Hall–Kier alpha value is -3.91. The fourth-order valence-corrected chi connectivity index (χ4v) is 4.18. The molecule has 1 N–H and O–H groups in total. The Bertz CT molecular complexity index is 1360. The molecule has 0 spiro atoms. The van der Waals surface area contributed by atoms with Gasteiger partial charge in [0.1, 0.15) is 17.4 Å². The van der Waals surface area contributed by atoms with Gasteiger partial charge in [-0.3, -0.25) is 14.5 Å². The molecular formula is C26H20ClF2NO5. The van der Waals surface area contributed by atoms with Crippen molar-refractivity contribution < 1.29 is 33.0 Å². The second-order valence-corrected chi connectivity index (χ2v) is 8.05. The summed E-state index contributed by atoms with van der Waals surface area (Å²) in [5.74, 6) is -3.73. The van der Waals surface area contributed by atoms with E-state index in [0.717, 1.165) is 23.1 Å². The van der Waals surface area contributed by atoms with Gasteiger partial charge in [0, 0.05) is 16.7 Å². The maximum Gasteiger partial charge on any atom is 0.300 e. The molecule has 0 radical (unpaired) electrons. The van der Waals surface area contributed by atoms with Crippen LogP contribution in [0.15, 0.2) is 66.2 Å². The summed E-state index contributed by atoms with van der Waals surface area (Å²) in [6, 6.07) is 12.0. The van der Waals surface area contributed by atoms with Gasteiger partial charge in [0.15, 0.2) is 11.5 Å². The average molecular weight is 500 g/mol. The Balaban J connectivity index is 2.00. The molecule has 1 saturated heterocycles. The van der Waals surface area contributed by atoms with Crippen molar-refractivity contribution in [2.24, 2.45) is 0 Å². The molecular weight excluding hydrogens is 480 g/mol.